The van der Waals surface area contributed by atoms with Crippen molar-refractivity contribution in [3.8, 4) is 0 Å². The number of carboxylic acid groups (broad SMARTS) is 1. The fourth-order valence-corrected chi connectivity index (χ4v) is 2.38. The van der Waals surface area contributed by atoms with Crippen molar-refractivity contribution in [1.82, 2.24) is 0 Å². The second-order valence-corrected chi connectivity index (χ2v) is 6.16. The highest BCUT2D eigenvalue weighted by Crippen LogP contribution is 2.22. The molecule has 0 aliphatic carbocycles. The molecule has 6 nitrogen and oxygen atoms in total. The lowest BCUT2D eigenvalue weighted by molar-refractivity contribution is -0.137. The Bertz CT molecular complexity index is 555. The first-order chi connectivity index (χ1) is 8.71. The van der Waals surface area contributed by atoms with Crippen LogP contribution in [-0.4, -0.2) is 25.5 Å². The lowest BCUT2D eigenvalue weighted by atomic mass is 10.0. The number of anilines is 1. The first-order valence-electron chi connectivity index (χ1n) is 5.82. The van der Waals surface area contributed by atoms with Crippen molar-refractivity contribution in [2.24, 2.45) is 11.1 Å². The van der Waals surface area contributed by atoms with Crippen molar-refractivity contribution < 1.29 is 18.3 Å². The van der Waals surface area contributed by atoms with E-state index < -0.39 is 16.0 Å². The predicted molar refractivity (Wildman–Crippen MR) is 72.3 cm³/mol. The fraction of sp³-hybridized carbons (Fsp3) is 0.417. The van der Waals surface area contributed by atoms with Gasteiger partial charge in [0.2, 0.25) is 10.0 Å². The summed E-state index contributed by atoms with van der Waals surface area (Å²) in [5.74, 6) is -0.913. The third kappa shape index (κ3) is 4.53. The average molecular weight is 286 g/mol. The largest absolute Gasteiger partial charge is 0.481 e. The van der Waals surface area contributed by atoms with Crippen LogP contribution < -0.4 is 10.5 Å². The summed E-state index contributed by atoms with van der Waals surface area (Å²) in [6, 6.07) is 5.80. The van der Waals surface area contributed by atoms with E-state index in [1.54, 1.807) is 18.2 Å². The second kappa shape index (κ2) is 6.03. The summed E-state index contributed by atoms with van der Waals surface area (Å²) in [6.07, 6.45) is -0.101. The van der Waals surface area contributed by atoms with E-state index >= 15 is 0 Å². The van der Waals surface area contributed by atoms with Crippen LogP contribution in [0.3, 0.4) is 0 Å². The van der Waals surface area contributed by atoms with E-state index in [4.69, 9.17) is 10.2 Å². The number of carbonyl (C=O) groups is 1. The third-order valence-corrected chi connectivity index (χ3v) is 3.70. The van der Waals surface area contributed by atoms with Crippen molar-refractivity contribution in [3.63, 3.8) is 0 Å². The summed E-state index contributed by atoms with van der Waals surface area (Å²) in [4.78, 5) is 10.8. The average Bonchev–Trinajstić information content (AvgIpc) is 2.26. The van der Waals surface area contributed by atoms with E-state index in [0.717, 1.165) is 0 Å². The molecule has 0 fully saturated rings. The molecule has 0 aliphatic rings. The molecule has 0 bridgehead atoms. The molecule has 0 aromatic heterocycles. The molecule has 7 heteroatoms. The van der Waals surface area contributed by atoms with Crippen molar-refractivity contribution in [2.75, 3.05) is 5.32 Å². The van der Waals surface area contributed by atoms with Crippen LogP contribution in [0.1, 0.15) is 20.3 Å². The molecule has 19 heavy (non-hydrogen) atoms. The molecule has 0 saturated heterocycles. The molecular weight excluding hydrogens is 268 g/mol. The minimum Gasteiger partial charge on any atom is -0.481 e. The zero-order valence-electron chi connectivity index (χ0n) is 10.8. The molecule has 1 unspecified atom stereocenters. The highest BCUT2D eigenvalue weighted by atomic mass is 32.2. The molecule has 1 rings (SSSR count). The van der Waals surface area contributed by atoms with Gasteiger partial charge in [-0.3, -0.25) is 4.79 Å². The second-order valence-electron chi connectivity index (χ2n) is 4.63. The highest BCUT2D eigenvalue weighted by Gasteiger charge is 2.20. The molecule has 0 saturated carbocycles. The summed E-state index contributed by atoms with van der Waals surface area (Å²) in [6.45, 7) is 3.72. The van der Waals surface area contributed by atoms with Crippen molar-refractivity contribution in [1.29, 1.82) is 0 Å². The van der Waals surface area contributed by atoms with Gasteiger partial charge in [0, 0.05) is 6.04 Å². The fourth-order valence-electron chi connectivity index (χ4n) is 1.68. The standard InChI is InChI=1S/C12H18N2O4S/c1-8(2)10(7-12(15)16)14-9-5-3-4-6-11(9)19(13,17)18/h3-6,8,10,14H,7H2,1-2H3,(H,15,16)(H2,13,17,18). The third-order valence-electron chi connectivity index (χ3n) is 2.73. The van der Waals surface area contributed by atoms with Crippen molar-refractivity contribution in [2.45, 2.75) is 31.2 Å². The number of primary sulfonamides is 1. The van der Waals surface area contributed by atoms with Gasteiger partial charge in [0.05, 0.1) is 12.1 Å². The van der Waals surface area contributed by atoms with Crippen LogP contribution in [0.5, 0.6) is 0 Å². The summed E-state index contributed by atoms with van der Waals surface area (Å²) in [7, 11) is -3.84. The maximum absolute atomic E-state index is 11.4. The lowest BCUT2D eigenvalue weighted by Gasteiger charge is -2.23. The molecule has 1 aromatic rings. The predicted octanol–water partition coefficient (Wildman–Crippen LogP) is 1.25. The number of hydrogen-bond donors (Lipinski definition) is 3. The Balaban J connectivity index is 3.07. The van der Waals surface area contributed by atoms with Gasteiger partial charge in [-0.15, -0.1) is 0 Å². The van der Waals surface area contributed by atoms with Crippen molar-refractivity contribution >= 4 is 21.7 Å². The molecule has 1 atom stereocenters. The monoisotopic (exact) mass is 286 g/mol. The molecule has 1 aromatic carbocycles. The number of rotatable bonds is 6. The van der Waals surface area contributed by atoms with E-state index in [9.17, 15) is 13.2 Å². The quantitative estimate of drug-likeness (QED) is 0.729. The molecular formula is C12H18N2O4S. The summed E-state index contributed by atoms with van der Waals surface area (Å²) >= 11 is 0. The molecule has 0 amide bonds. The SMILES string of the molecule is CC(C)C(CC(=O)O)Nc1ccccc1S(N)(=O)=O. The number of hydrogen-bond acceptors (Lipinski definition) is 4. The van der Waals surface area contributed by atoms with Gasteiger partial charge in [0.1, 0.15) is 4.90 Å². The number of nitrogens with one attached hydrogen (secondary N) is 1. The van der Waals surface area contributed by atoms with Gasteiger partial charge in [-0.1, -0.05) is 26.0 Å². The maximum Gasteiger partial charge on any atom is 0.305 e. The molecule has 4 N–H and O–H groups in total. The molecule has 0 aliphatic heterocycles. The molecule has 0 heterocycles. The first kappa shape index (κ1) is 15.5. The topological polar surface area (TPSA) is 109 Å². The van der Waals surface area contributed by atoms with Crippen LogP contribution in [0.15, 0.2) is 29.2 Å². The maximum atomic E-state index is 11.4. The summed E-state index contributed by atoms with van der Waals surface area (Å²) in [5, 5.41) is 16.9. The lowest BCUT2D eigenvalue weighted by Crippen LogP contribution is -2.29. The van der Waals surface area contributed by atoms with Crippen LogP contribution >= 0.6 is 0 Å². The van der Waals surface area contributed by atoms with Crippen LogP contribution in [-0.2, 0) is 14.8 Å². The minimum absolute atomic E-state index is 0.0321. The Morgan fingerprint density at radius 1 is 1.37 bits per heavy atom. The van der Waals surface area contributed by atoms with Crippen LogP contribution in [0, 0.1) is 5.92 Å². The number of nitrogens with two attached hydrogens (primary N) is 1. The number of para-hydroxylation sites is 1. The molecule has 0 spiro atoms. The highest BCUT2D eigenvalue weighted by molar-refractivity contribution is 7.89. The Hall–Kier alpha value is -1.60. The van der Waals surface area contributed by atoms with E-state index in [-0.39, 0.29) is 23.3 Å². The van der Waals surface area contributed by atoms with E-state index in [1.165, 1.54) is 6.07 Å². The Labute approximate surface area is 112 Å². The zero-order valence-corrected chi connectivity index (χ0v) is 11.6. The minimum atomic E-state index is -3.84. The van der Waals surface area contributed by atoms with Crippen LogP contribution in [0.2, 0.25) is 0 Å². The van der Waals surface area contributed by atoms with Crippen LogP contribution in [0.4, 0.5) is 5.69 Å². The summed E-state index contributed by atoms with van der Waals surface area (Å²) < 4.78 is 22.9. The smallest absolute Gasteiger partial charge is 0.305 e. The molecule has 106 valence electrons. The molecule has 0 radical (unpaired) electrons. The number of carboxylic acids is 1. The van der Waals surface area contributed by atoms with E-state index in [1.807, 2.05) is 13.8 Å². The Kier molecular flexibility index (Phi) is 4.90. The van der Waals surface area contributed by atoms with Gasteiger partial charge >= 0.3 is 5.97 Å². The Morgan fingerprint density at radius 2 is 1.95 bits per heavy atom. The first-order valence-corrected chi connectivity index (χ1v) is 7.36. The Morgan fingerprint density at radius 3 is 2.42 bits per heavy atom. The van der Waals surface area contributed by atoms with Gasteiger partial charge in [-0.25, -0.2) is 13.6 Å². The number of sulfonamides is 1. The van der Waals surface area contributed by atoms with Crippen LogP contribution in [0.25, 0.3) is 0 Å². The van der Waals surface area contributed by atoms with Gasteiger partial charge < -0.3 is 10.4 Å². The van der Waals surface area contributed by atoms with Gasteiger partial charge in [0.15, 0.2) is 0 Å². The summed E-state index contributed by atoms with van der Waals surface area (Å²) in [5.41, 5.74) is 0.324. The zero-order chi connectivity index (χ0) is 14.6. The van der Waals surface area contributed by atoms with E-state index in [0.29, 0.717) is 5.69 Å². The number of aliphatic carboxylic acids is 1. The van der Waals surface area contributed by atoms with Gasteiger partial charge in [0.25, 0.3) is 0 Å². The van der Waals surface area contributed by atoms with Crippen molar-refractivity contribution in [3.05, 3.63) is 24.3 Å². The number of benzene rings is 1. The van der Waals surface area contributed by atoms with Gasteiger partial charge in [-0.2, -0.15) is 0 Å². The normalized spacial score (nSPS) is 13.3. The van der Waals surface area contributed by atoms with Gasteiger partial charge in [-0.05, 0) is 18.1 Å². The van der Waals surface area contributed by atoms with E-state index in [2.05, 4.69) is 5.32 Å².